The third-order valence-corrected chi connectivity index (χ3v) is 3.08. The second-order valence-electron chi connectivity index (χ2n) is 4.68. The summed E-state index contributed by atoms with van der Waals surface area (Å²) in [5, 5.41) is 3.09. The van der Waals surface area contributed by atoms with Gasteiger partial charge in [-0.1, -0.05) is 13.0 Å². The first-order valence-corrected chi connectivity index (χ1v) is 6.86. The average molecular weight is 285 g/mol. The first-order valence-electron chi connectivity index (χ1n) is 6.86. The van der Waals surface area contributed by atoms with E-state index < -0.39 is 0 Å². The highest BCUT2D eigenvalue weighted by Gasteiger charge is 2.11. The molecule has 21 heavy (non-hydrogen) atoms. The van der Waals surface area contributed by atoms with Crippen LogP contribution in [0.15, 0.2) is 48.8 Å². The first kappa shape index (κ1) is 14.8. The summed E-state index contributed by atoms with van der Waals surface area (Å²) in [6.45, 7) is 2.38. The van der Waals surface area contributed by atoms with Crippen LogP contribution in [0.25, 0.3) is 0 Å². The molecule has 0 spiro atoms. The molecule has 0 fully saturated rings. The number of anilines is 1. The van der Waals surface area contributed by atoms with E-state index in [0.29, 0.717) is 13.0 Å². The van der Waals surface area contributed by atoms with Crippen LogP contribution in [0.1, 0.15) is 18.9 Å². The largest absolute Gasteiger partial charge is 0.489 e. The van der Waals surface area contributed by atoms with Crippen molar-refractivity contribution in [3.05, 3.63) is 54.4 Å². The van der Waals surface area contributed by atoms with E-state index >= 15 is 0 Å². The number of benzene rings is 1. The zero-order valence-electron chi connectivity index (χ0n) is 12.0. The van der Waals surface area contributed by atoms with Crippen LogP contribution in [0.3, 0.4) is 0 Å². The van der Waals surface area contributed by atoms with Crippen molar-refractivity contribution in [3.63, 3.8) is 0 Å². The van der Waals surface area contributed by atoms with Gasteiger partial charge in [0.1, 0.15) is 18.4 Å². The van der Waals surface area contributed by atoms with Crippen LogP contribution in [0.5, 0.6) is 5.75 Å². The number of primary amides is 1. The summed E-state index contributed by atoms with van der Waals surface area (Å²) in [5.74, 6) is 0.408. The highest BCUT2D eigenvalue weighted by atomic mass is 16.5. The number of amides is 1. The summed E-state index contributed by atoms with van der Waals surface area (Å²) in [5.41, 5.74) is 7.16. The highest BCUT2D eigenvalue weighted by molar-refractivity contribution is 5.82. The maximum Gasteiger partial charge on any atom is 0.239 e. The summed E-state index contributed by atoms with van der Waals surface area (Å²) >= 11 is 0. The number of ether oxygens (including phenoxy) is 1. The molecule has 1 atom stereocenters. The second kappa shape index (κ2) is 7.28. The smallest absolute Gasteiger partial charge is 0.239 e. The van der Waals surface area contributed by atoms with Crippen LogP contribution < -0.4 is 15.8 Å². The Balaban J connectivity index is 1.91. The molecular formula is C16H19N3O2. The molecule has 0 aliphatic carbocycles. The zero-order valence-corrected chi connectivity index (χ0v) is 12.0. The number of aromatic nitrogens is 1. The molecular weight excluding hydrogens is 266 g/mol. The third kappa shape index (κ3) is 4.49. The van der Waals surface area contributed by atoms with Crippen LogP contribution in [0, 0.1) is 0 Å². The molecule has 110 valence electrons. The molecule has 0 unspecified atom stereocenters. The van der Waals surface area contributed by atoms with E-state index in [1.165, 1.54) is 0 Å². The number of carbonyl (C=O) groups is 1. The fraction of sp³-hybridized carbons (Fsp3) is 0.250. The van der Waals surface area contributed by atoms with Gasteiger partial charge in [0.15, 0.2) is 0 Å². The minimum absolute atomic E-state index is 0.352. The van der Waals surface area contributed by atoms with Crippen molar-refractivity contribution in [2.24, 2.45) is 5.73 Å². The highest BCUT2D eigenvalue weighted by Crippen LogP contribution is 2.18. The zero-order chi connectivity index (χ0) is 15.1. The molecule has 5 nitrogen and oxygen atoms in total. The molecule has 5 heteroatoms. The van der Waals surface area contributed by atoms with Crippen LogP contribution in [0.4, 0.5) is 5.69 Å². The number of carbonyl (C=O) groups excluding carboxylic acids is 1. The summed E-state index contributed by atoms with van der Waals surface area (Å²) in [6, 6.07) is 10.9. The Morgan fingerprint density at radius 1 is 1.33 bits per heavy atom. The van der Waals surface area contributed by atoms with Gasteiger partial charge in [0, 0.05) is 23.6 Å². The van der Waals surface area contributed by atoms with Crippen LogP contribution in [-0.4, -0.2) is 16.9 Å². The lowest BCUT2D eigenvalue weighted by molar-refractivity contribution is -0.118. The van der Waals surface area contributed by atoms with Gasteiger partial charge >= 0.3 is 0 Å². The van der Waals surface area contributed by atoms with Crippen molar-refractivity contribution in [2.75, 3.05) is 5.32 Å². The number of nitrogens with two attached hydrogens (primary N) is 1. The number of hydrogen-bond donors (Lipinski definition) is 2. The molecule has 0 radical (unpaired) electrons. The van der Waals surface area contributed by atoms with Gasteiger partial charge in [-0.25, -0.2) is 0 Å². The van der Waals surface area contributed by atoms with Gasteiger partial charge in [-0.3, -0.25) is 9.78 Å². The standard InChI is InChI=1S/C16H19N3O2/c1-2-15(16(17)20)19-13-5-7-14(8-6-13)21-11-12-4-3-9-18-10-12/h3-10,15,19H,2,11H2,1H3,(H2,17,20)/t15-/m1/s1. The molecule has 1 aromatic heterocycles. The van der Waals surface area contributed by atoms with Crippen molar-refractivity contribution < 1.29 is 9.53 Å². The minimum Gasteiger partial charge on any atom is -0.489 e. The fourth-order valence-corrected chi connectivity index (χ4v) is 1.87. The second-order valence-corrected chi connectivity index (χ2v) is 4.68. The molecule has 1 aromatic carbocycles. The van der Waals surface area contributed by atoms with Crippen molar-refractivity contribution in [1.29, 1.82) is 0 Å². The van der Waals surface area contributed by atoms with Gasteiger partial charge < -0.3 is 15.8 Å². The van der Waals surface area contributed by atoms with Gasteiger partial charge in [0.2, 0.25) is 5.91 Å². The SMILES string of the molecule is CC[C@@H](Nc1ccc(OCc2cccnc2)cc1)C(N)=O. The quantitative estimate of drug-likeness (QED) is 0.818. The van der Waals surface area contributed by atoms with Crippen molar-refractivity contribution in [1.82, 2.24) is 4.98 Å². The lowest BCUT2D eigenvalue weighted by Gasteiger charge is -2.15. The number of rotatable bonds is 7. The van der Waals surface area contributed by atoms with E-state index in [2.05, 4.69) is 10.3 Å². The number of hydrogen-bond acceptors (Lipinski definition) is 4. The van der Waals surface area contributed by atoms with Crippen molar-refractivity contribution in [2.45, 2.75) is 26.0 Å². The van der Waals surface area contributed by atoms with Gasteiger partial charge in [0.05, 0.1) is 0 Å². The molecule has 1 heterocycles. The van der Waals surface area contributed by atoms with Gasteiger partial charge in [-0.2, -0.15) is 0 Å². The Labute approximate surface area is 124 Å². The lowest BCUT2D eigenvalue weighted by Crippen LogP contribution is -2.34. The van der Waals surface area contributed by atoms with Gasteiger partial charge in [-0.05, 0) is 36.8 Å². The summed E-state index contributed by atoms with van der Waals surface area (Å²) in [6.07, 6.45) is 4.15. The molecule has 1 amide bonds. The third-order valence-electron chi connectivity index (χ3n) is 3.08. The summed E-state index contributed by atoms with van der Waals surface area (Å²) in [7, 11) is 0. The number of pyridine rings is 1. The van der Waals surface area contributed by atoms with Crippen LogP contribution >= 0.6 is 0 Å². The van der Waals surface area contributed by atoms with E-state index in [1.807, 2.05) is 43.3 Å². The summed E-state index contributed by atoms with van der Waals surface area (Å²) < 4.78 is 5.67. The Bertz CT molecular complexity index is 570. The maximum absolute atomic E-state index is 11.2. The molecule has 2 aromatic rings. The van der Waals surface area contributed by atoms with E-state index in [9.17, 15) is 4.79 Å². The average Bonchev–Trinajstić information content (AvgIpc) is 2.52. The predicted molar refractivity (Wildman–Crippen MR) is 81.9 cm³/mol. The predicted octanol–water partition coefficient (Wildman–Crippen LogP) is 2.34. The number of nitrogens with zero attached hydrogens (tertiary/aromatic N) is 1. The Morgan fingerprint density at radius 3 is 2.67 bits per heavy atom. The minimum atomic E-state index is -0.354. The molecule has 0 aliphatic rings. The van der Waals surface area contributed by atoms with E-state index in [0.717, 1.165) is 17.0 Å². The Morgan fingerprint density at radius 2 is 2.10 bits per heavy atom. The Kier molecular flexibility index (Phi) is 5.15. The van der Waals surface area contributed by atoms with Crippen LogP contribution in [0.2, 0.25) is 0 Å². The molecule has 3 N–H and O–H groups in total. The van der Waals surface area contributed by atoms with E-state index in [1.54, 1.807) is 12.4 Å². The van der Waals surface area contributed by atoms with Crippen molar-refractivity contribution in [3.8, 4) is 5.75 Å². The molecule has 0 saturated carbocycles. The van der Waals surface area contributed by atoms with Gasteiger partial charge in [0.25, 0.3) is 0 Å². The van der Waals surface area contributed by atoms with E-state index in [-0.39, 0.29) is 11.9 Å². The Hall–Kier alpha value is -2.56. The van der Waals surface area contributed by atoms with Crippen molar-refractivity contribution >= 4 is 11.6 Å². The molecule has 0 aliphatic heterocycles. The maximum atomic E-state index is 11.2. The summed E-state index contributed by atoms with van der Waals surface area (Å²) in [4.78, 5) is 15.2. The topological polar surface area (TPSA) is 77.2 Å². The molecule has 0 saturated heterocycles. The first-order chi connectivity index (χ1) is 10.2. The van der Waals surface area contributed by atoms with E-state index in [4.69, 9.17) is 10.5 Å². The number of nitrogens with one attached hydrogen (secondary N) is 1. The monoisotopic (exact) mass is 285 g/mol. The fourth-order valence-electron chi connectivity index (χ4n) is 1.87. The lowest BCUT2D eigenvalue weighted by atomic mass is 10.2. The normalized spacial score (nSPS) is 11.7. The molecule has 0 bridgehead atoms. The van der Waals surface area contributed by atoms with Gasteiger partial charge in [-0.15, -0.1) is 0 Å². The molecule has 2 rings (SSSR count). The van der Waals surface area contributed by atoms with Crippen LogP contribution in [-0.2, 0) is 11.4 Å².